The number of carbonyl (C=O) groups excluding carboxylic acids is 1. The minimum atomic E-state index is -0.316. The van der Waals surface area contributed by atoms with E-state index in [1.807, 2.05) is 12.1 Å². The number of hydrogen-bond donors (Lipinski definition) is 1. The highest BCUT2D eigenvalue weighted by Gasteiger charge is 2.20. The molecule has 0 radical (unpaired) electrons. The first kappa shape index (κ1) is 16.0. The third-order valence-corrected chi connectivity index (χ3v) is 4.34. The van der Waals surface area contributed by atoms with Gasteiger partial charge in [0.15, 0.2) is 5.82 Å². The van der Waals surface area contributed by atoms with Crippen LogP contribution in [0, 0.1) is 12.7 Å². The number of carbonyl (C=O) groups is 1. The highest BCUT2D eigenvalue weighted by Crippen LogP contribution is 2.27. The Balaban J connectivity index is 1.91. The first-order chi connectivity index (χ1) is 12.6. The average molecular weight is 346 g/mol. The van der Waals surface area contributed by atoms with Gasteiger partial charge in [-0.2, -0.15) is 0 Å². The molecule has 0 amide bonds. The predicted octanol–water partition coefficient (Wildman–Crippen LogP) is 3.66. The van der Waals surface area contributed by atoms with Crippen LogP contribution < -0.4 is 5.73 Å². The maximum absolute atomic E-state index is 13.9. The smallest absolute Gasteiger partial charge is 0.231 e. The number of pyridine rings is 2. The molecule has 0 aliphatic heterocycles. The highest BCUT2D eigenvalue weighted by atomic mass is 19.1. The van der Waals surface area contributed by atoms with Crippen LogP contribution in [0.2, 0.25) is 0 Å². The molecule has 6 heteroatoms. The second kappa shape index (κ2) is 6.07. The topological polar surface area (TPSA) is 73.3 Å². The number of rotatable bonds is 3. The van der Waals surface area contributed by atoms with Crippen molar-refractivity contribution in [1.29, 1.82) is 0 Å². The largest absolute Gasteiger partial charge is 0.382 e. The number of imidazole rings is 1. The van der Waals surface area contributed by atoms with Crippen molar-refractivity contribution >= 4 is 17.2 Å². The van der Waals surface area contributed by atoms with E-state index in [4.69, 9.17) is 5.73 Å². The van der Waals surface area contributed by atoms with Gasteiger partial charge in [0.05, 0.1) is 0 Å². The third-order valence-electron chi connectivity index (χ3n) is 4.34. The zero-order valence-corrected chi connectivity index (χ0v) is 14.0. The number of benzene rings is 1. The molecule has 1 aromatic carbocycles. The molecule has 0 bridgehead atoms. The van der Waals surface area contributed by atoms with Gasteiger partial charge in [-0.15, -0.1) is 0 Å². The van der Waals surface area contributed by atoms with Crippen LogP contribution >= 0.6 is 0 Å². The van der Waals surface area contributed by atoms with E-state index in [0.717, 1.165) is 11.1 Å². The quantitative estimate of drug-likeness (QED) is 0.575. The van der Waals surface area contributed by atoms with Crippen molar-refractivity contribution in [3.63, 3.8) is 0 Å². The first-order valence-electron chi connectivity index (χ1n) is 8.05. The Morgan fingerprint density at radius 3 is 2.73 bits per heavy atom. The number of nitrogen functional groups attached to an aromatic ring is 1. The lowest BCUT2D eigenvalue weighted by molar-refractivity contribution is 0.103. The van der Waals surface area contributed by atoms with Crippen molar-refractivity contribution in [3.8, 4) is 11.1 Å². The zero-order chi connectivity index (χ0) is 18.3. The minimum absolute atomic E-state index is 0.133. The van der Waals surface area contributed by atoms with Gasteiger partial charge < -0.3 is 5.73 Å². The number of nitrogens with zero attached hydrogens (tertiary/aromatic N) is 3. The Hall–Kier alpha value is -3.54. The van der Waals surface area contributed by atoms with E-state index in [0.29, 0.717) is 11.2 Å². The number of nitrogens with two attached hydrogens (primary N) is 1. The standard InChI is InChI=1S/C20H15FN4O/c1-12-14(5-4-6-15(12)21)13-8-9-17-24-20(22)18(25(17)11-13)19(26)16-7-2-3-10-23-16/h2-11H,22H2,1H3. The van der Waals surface area contributed by atoms with E-state index in [2.05, 4.69) is 9.97 Å². The molecular formula is C20H15FN4O. The van der Waals surface area contributed by atoms with E-state index in [-0.39, 0.29) is 28.8 Å². The summed E-state index contributed by atoms with van der Waals surface area (Å²) in [5.41, 5.74) is 9.12. The molecule has 0 aliphatic carbocycles. The molecule has 4 aromatic rings. The van der Waals surface area contributed by atoms with Crippen molar-refractivity contribution in [2.24, 2.45) is 0 Å². The van der Waals surface area contributed by atoms with Crippen LogP contribution in [0.5, 0.6) is 0 Å². The molecule has 0 spiro atoms. The number of halogens is 1. The van der Waals surface area contributed by atoms with Crippen molar-refractivity contribution in [3.05, 3.63) is 83.7 Å². The first-order valence-corrected chi connectivity index (χ1v) is 8.05. The Kier molecular flexibility index (Phi) is 3.73. The van der Waals surface area contributed by atoms with Crippen LogP contribution in [0.4, 0.5) is 10.2 Å². The summed E-state index contributed by atoms with van der Waals surface area (Å²) in [6.07, 6.45) is 3.30. The van der Waals surface area contributed by atoms with Gasteiger partial charge in [0, 0.05) is 12.4 Å². The van der Waals surface area contributed by atoms with Crippen molar-refractivity contribution < 1.29 is 9.18 Å². The van der Waals surface area contributed by atoms with Gasteiger partial charge in [-0.05, 0) is 53.9 Å². The minimum Gasteiger partial charge on any atom is -0.382 e. The lowest BCUT2D eigenvalue weighted by atomic mass is 10.0. The number of anilines is 1. The number of ketones is 1. The van der Waals surface area contributed by atoms with E-state index < -0.39 is 0 Å². The van der Waals surface area contributed by atoms with E-state index in [1.165, 1.54) is 6.07 Å². The normalized spacial score (nSPS) is 11.0. The van der Waals surface area contributed by atoms with E-state index in [9.17, 15) is 9.18 Å². The molecule has 0 saturated heterocycles. The molecule has 0 atom stereocenters. The van der Waals surface area contributed by atoms with Gasteiger partial charge in [-0.3, -0.25) is 14.2 Å². The van der Waals surface area contributed by atoms with Gasteiger partial charge in [-0.25, -0.2) is 9.37 Å². The monoisotopic (exact) mass is 346 g/mol. The van der Waals surface area contributed by atoms with Crippen LogP contribution in [0.25, 0.3) is 16.8 Å². The molecule has 0 unspecified atom stereocenters. The Morgan fingerprint density at radius 2 is 1.96 bits per heavy atom. The summed E-state index contributed by atoms with van der Waals surface area (Å²) in [5, 5.41) is 0. The van der Waals surface area contributed by atoms with Crippen LogP contribution in [0.15, 0.2) is 60.9 Å². The molecule has 0 aliphatic rings. The van der Waals surface area contributed by atoms with Crippen molar-refractivity contribution in [2.75, 3.05) is 5.73 Å². The molecule has 2 N–H and O–H groups in total. The predicted molar refractivity (Wildman–Crippen MR) is 97.4 cm³/mol. The maximum atomic E-state index is 13.9. The summed E-state index contributed by atoms with van der Waals surface area (Å²) >= 11 is 0. The van der Waals surface area contributed by atoms with Crippen molar-refractivity contribution in [2.45, 2.75) is 6.92 Å². The van der Waals surface area contributed by atoms with Crippen LogP contribution in [-0.2, 0) is 0 Å². The van der Waals surface area contributed by atoms with Crippen LogP contribution in [0.3, 0.4) is 0 Å². The molecule has 4 rings (SSSR count). The highest BCUT2D eigenvalue weighted by molar-refractivity contribution is 6.10. The Bertz CT molecular complexity index is 1140. The van der Waals surface area contributed by atoms with Gasteiger partial charge in [0.25, 0.3) is 0 Å². The summed E-state index contributed by atoms with van der Waals surface area (Å²) in [6, 6.07) is 13.6. The summed E-state index contributed by atoms with van der Waals surface area (Å²) in [4.78, 5) is 21.2. The molecule has 26 heavy (non-hydrogen) atoms. The second-order valence-corrected chi connectivity index (χ2v) is 5.95. The van der Waals surface area contributed by atoms with Crippen LogP contribution in [0.1, 0.15) is 21.7 Å². The van der Waals surface area contributed by atoms with E-state index in [1.54, 1.807) is 54.0 Å². The summed E-state index contributed by atoms with van der Waals surface area (Å²) in [6.45, 7) is 1.72. The van der Waals surface area contributed by atoms with Gasteiger partial charge in [0.1, 0.15) is 22.9 Å². The number of fused-ring (bicyclic) bond motifs is 1. The molecule has 128 valence electrons. The Labute approximate surface area is 148 Å². The second-order valence-electron chi connectivity index (χ2n) is 5.95. The molecule has 3 aromatic heterocycles. The molecular weight excluding hydrogens is 331 g/mol. The fraction of sp³-hybridized carbons (Fsp3) is 0.0500. The number of aromatic nitrogens is 3. The van der Waals surface area contributed by atoms with Gasteiger partial charge >= 0.3 is 0 Å². The fourth-order valence-corrected chi connectivity index (χ4v) is 2.99. The fourth-order valence-electron chi connectivity index (χ4n) is 2.99. The van der Waals surface area contributed by atoms with Gasteiger partial charge in [-0.1, -0.05) is 18.2 Å². The van der Waals surface area contributed by atoms with Gasteiger partial charge in [0.2, 0.25) is 5.78 Å². The average Bonchev–Trinajstić information content (AvgIpc) is 2.99. The summed E-state index contributed by atoms with van der Waals surface area (Å²) in [5.74, 6) is -0.463. The van der Waals surface area contributed by atoms with Crippen LogP contribution in [-0.4, -0.2) is 20.2 Å². The zero-order valence-electron chi connectivity index (χ0n) is 14.0. The maximum Gasteiger partial charge on any atom is 0.231 e. The lowest BCUT2D eigenvalue weighted by Gasteiger charge is -2.08. The summed E-state index contributed by atoms with van der Waals surface area (Å²) < 4.78 is 15.5. The molecule has 3 heterocycles. The summed E-state index contributed by atoms with van der Waals surface area (Å²) in [7, 11) is 0. The molecule has 5 nitrogen and oxygen atoms in total. The number of hydrogen-bond acceptors (Lipinski definition) is 4. The van der Waals surface area contributed by atoms with Crippen molar-refractivity contribution in [1.82, 2.24) is 14.4 Å². The SMILES string of the molecule is Cc1c(F)cccc1-c1ccc2nc(N)c(C(=O)c3ccccn3)n2c1. The Morgan fingerprint density at radius 1 is 1.12 bits per heavy atom. The third kappa shape index (κ3) is 2.52. The van der Waals surface area contributed by atoms with E-state index >= 15 is 0 Å². The molecule has 0 saturated carbocycles. The molecule has 0 fully saturated rings. The lowest BCUT2D eigenvalue weighted by Crippen LogP contribution is -2.09.